The lowest BCUT2D eigenvalue weighted by molar-refractivity contribution is 0.686. The van der Waals surface area contributed by atoms with Gasteiger partial charge in [-0.2, -0.15) is 11.8 Å². The second-order valence-electron chi connectivity index (χ2n) is 5.62. The molecule has 0 aromatic heterocycles. The summed E-state index contributed by atoms with van der Waals surface area (Å²) in [5.74, 6) is 1.19. The SMILES string of the molecule is c1ccc2c(c1)CSC(C1CCc3ccccc3S1)C2. The zero-order valence-corrected chi connectivity index (χ0v) is 13.1. The lowest BCUT2D eigenvalue weighted by Gasteiger charge is -2.33. The van der Waals surface area contributed by atoms with E-state index in [-0.39, 0.29) is 0 Å². The van der Waals surface area contributed by atoms with E-state index in [0.717, 1.165) is 10.5 Å². The minimum Gasteiger partial charge on any atom is -0.152 e. The molecule has 2 aliphatic heterocycles. The molecule has 2 atom stereocenters. The van der Waals surface area contributed by atoms with Crippen LogP contribution in [-0.2, 0) is 18.6 Å². The van der Waals surface area contributed by atoms with Crippen molar-refractivity contribution in [3.63, 3.8) is 0 Å². The summed E-state index contributed by atoms with van der Waals surface area (Å²) in [6.07, 6.45) is 3.84. The van der Waals surface area contributed by atoms with Crippen molar-refractivity contribution in [3.05, 3.63) is 65.2 Å². The average Bonchev–Trinajstić information content (AvgIpc) is 2.54. The number of aryl methyl sites for hydroxylation is 1. The van der Waals surface area contributed by atoms with Crippen molar-refractivity contribution < 1.29 is 0 Å². The standard InChI is InChI=1S/C18H18S2/c1-2-7-15-12-19-18(11-14(15)6-1)17-10-9-13-5-3-4-8-16(13)20-17/h1-8,17-18H,9-12H2. The Balaban J connectivity index is 1.53. The molecule has 0 amide bonds. The number of fused-ring (bicyclic) bond motifs is 2. The Morgan fingerprint density at radius 3 is 2.45 bits per heavy atom. The highest BCUT2D eigenvalue weighted by molar-refractivity contribution is 8.03. The molecule has 2 heterocycles. The first-order valence-electron chi connectivity index (χ1n) is 7.33. The smallest absolute Gasteiger partial charge is 0.0220 e. The van der Waals surface area contributed by atoms with E-state index in [1.54, 1.807) is 16.7 Å². The van der Waals surface area contributed by atoms with Crippen LogP contribution in [0.2, 0.25) is 0 Å². The Morgan fingerprint density at radius 1 is 0.800 bits per heavy atom. The van der Waals surface area contributed by atoms with Crippen LogP contribution in [0.4, 0.5) is 0 Å². The molecule has 0 bridgehead atoms. The van der Waals surface area contributed by atoms with Gasteiger partial charge in [-0.15, -0.1) is 11.8 Å². The first kappa shape index (κ1) is 12.8. The van der Waals surface area contributed by atoms with Gasteiger partial charge in [0.1, 0.15) is 0 Å². The number of hydrogen-bond acceptors (Lipinski definition) is 2. The van der Waals surface area contributed by atoms with Crippen LogP contribution in [0.3, 0.4) is 0 Å². The van der Waals surface area contributed by atoms with Gasteiger partial charge in [0.05, 0.1) is 0 Å². The maximum atomic E-state index is 2.32. The predicted octanol–water partition coefficient (Wildman–Crippen LogP) is 4.95. The van der Waals surface area contributed by atoms with Crippen LogP contribution < -0.4 is 0 Å². The van der Waals surface area contributed by atoms with Crippen molar-refractivity contribution in [2.24, 2.45) is 0 Å². The topological polar surface area (TPSA) is 0 Å². The highest BCUT2D eigenvalue weighted by Gasteiger charge is 2.30. The second-order valence-corrected chi connectivity index (χ2v) is 8.13. The molecule has 2 aromatic rings. The van der Waals surface area contributed by atoms with Gasteiger partial charge in [-0.25, -0.2) is 0 Å². The van der Waals surface area contributed by atoms with E-state index >= 15 is 0 Å². The van der Waals surface area contributed by atoms with Crippen LogP contribution in [0, 0.1) is 0 Å². The van der Waals surface area contributed by atoms with Gasteiger partial charge in [0.15, 0.2) is 0 Å². The van der Waals surface area contributed by atoms with E-state index < -0.39 is 0 Å². The molecule has 2 unspecified atom stereocenters. The van der Waals surface area contributed by atoms with E-state index in [9.17, 15) is 0 Å². The predicted molar refractivity (Wildman–Crippen MR) is 89.6 cm³/mol. The molecule has 0 saturated carbocycles. The molecule has 20 heavy (non-hydrogen) atoms. The molecular weight excluding hydrogens is 280 g/mol. The lowest BCUT2D eigenvalue weighted by Crippen LogP contribution is -2.28. The zero-order chi connectivity index (χ0) is 13.4. The largest absolute Gasteiger partial charge is 0.152 e. The second kappa shape index (κ2) is 5.50. The molecule has 0 spiro atoms. The highest BCUT2D eigenvalue weighted by Crippen LogP contribution is 2.43. The van der Waals surface area contributed by atoms with Gasteiger partial charge < -0.3 is 0 Å². The van der Waals surface area contributed by atoms with Crippen LogP contribution in [0.15, 0.2) is 53.4 Å². The van der Waals surface area contributed by atoms with Crippen molar-refractivity contribution in [1.29, 1.82) is 0 Å². The fraction of sp³-hybridized carbons (Fsp3) is 0.333. The normalized spacial score (nSPS) is 24.8. The Kier molecular flexibility index (Phi) is 3.53. The van der Waals surface area contributed by atoms with E-state index in [4.69, 9.17) is 0 Å². The van der Waals surface area contributed by atoms with Gasteiger partial charge in [0.25, 0.3) is 0 Å². The monoisotopic (exact) mass is 298 g/mol. The molecule has 0 saturated heterocycles. The van der Waals surface area contributed by atoms with Gasteiger partial charge in [-0.3, -0.25) is 0 Å². The van der Waals surface area contributed by atoms with Gasteiger partial charge >= 0.3 is 0 Å². The van der Waals surface area contributed by atoms with Gasteiger partial charge in [-0.05, 0) is 42.0 Å². The molecule has 0 N–H and O–H groups in total. The molecule has 0 fully saturated rings. The number of hydrogen-bond donors (Lipinski definition) is 0. The quantitative estimate of drug-likeness (QED) is 0.730. The van der Waals surface area contributed by atoms with Crippen LogP contribution >= 0.6 is 23.5 Å². The van der Waals surface area contributed by atoms with Crippen LogP contribution in [0.5, 0.6) is 0 Å². The third-order valence-electron chi connectivity index (χ3n) is 4.36. The van der Waals surface area contributed by atoms with Gasteiger partial charge in [0, 0.05) is 21.1 Å². The molecule has 0 aliphatic carbocycles. The molecule has 4 rings (SSSR count). The summed E-state index contributed by atoms with van der Waals surface area (Å²) >= 11 is 4.28. The summed E-state index contributed by atoms with van der Waals surface area (Å²) in [5.41, 5.74) is 4.68. The number of thioether (sulfide) groups is 2. The molecular formula is C18H18S2. The Hall–Kier alpha value is -0.860. The van der Waals surface area contributed by atoms with E-state index in [0.29, 0.717) is 0 Å². The maximum Gasteiger partial charge on any atom is 0.0220 e. The van der Waals surface area contributed by atoms with E-state index in [1.165, 1.54) is 29.9 Å². The summed E-state index contributed by atoms with van der Waals surface area (Å²) in [6.45, 7) is 0. The lowest BCUT2D eigenvalue weighted by atomic mass is 9.99. The zero-order valence-electron chi connectivity index (χ0n) is 11.4. The molecule has 2 aromatic carbocycles. The van der Waals surface area contributed by atoms with Crippen molar-refractivity contribution in [2.75, 3.05) is 0 Å². The third-order valence-corrected chi connectivity index (χ3v) is 7.45. The maximum absolute atomic E-state index is 2.32. The minimum absolute atomic E-state index is 0.781. The number of rotatable bonds is 1. The molecule has 2 heteroatoms. The first-order chi connectivity index (χ1) is 9.90. The Bertz CT molecular complexity index is 565. The molecule has 102 valence electrons. The number of benzene rings is 2. The van der Waals surface area contributed by atoms with Crippen LogP contribution in [0.1, 0.15) is 23.1 Å². The van der Waals surface area contributed by atoms with Crippen molar-refractivity contribution in [2.45, 2.75) is 40.4 Å². The Labute approximate surface area is 129 Å². The molecule has 2 aliphatic rings. The fourth-order valence-corrected chi connectivity index (χ4v) is 6.23. The average molecular weight is 298 g/mol. The molecule has 0 nitrogen and oxygen atoms in total. The van der Waals surface area contributed by atoms with Crippen LogP contribution in [0.25, 0.3) is 0 Å². The summed E-state index contributed by atoms with van der Waals surface area (Å²) < 4.78 is 0. The van der Waals surface area contributed by atoms with Crippen molar-refractivity contribution in [1.82, 2.24) is 0 Å². The molecule has 0 radical (unpaired) electrons. The summed E-state index contributed by atoms with van der Waals surface area (Å²) in [5, 5.41) is 1.56. The van der Waals surface area contributed by atoms with Crippen molar-refractivity contribution in [3.8, 4) is 0 Å². The highest BCUT2D eigenvalue weighted by atomic mass is 32.2. The summed E-state index contributed by atoms with van der Waals surface area (Å²) in [7, 11) is 0. The fourth-order valence-electron chi connectivity index (χ4n) is 3.22. The third kappa shape index (κ3) is 2.40. The summed E-state index contributed by atoms with van der Waals surface area (Å²) in [6, 6.07) is 17.9. The van der Waals surface area contributed by atoms with Crippen LogP contribution in [-0.4, -0.2) is 10.5 Å². The van der Waals surface area contributed by atoms with E-state index in [1.807, 2.05) is 0 Å². The van der Waals surface area contributed by atoms with Crippen molar-refractivity contribution >= 4 is 23.5 Å². The Morgan fingerprint density at radius 2 is 1.55 bits per heavy atom. The summed E-state index contributed by atoms with van der Waals surface area (Å²) in [4.78, 5) is 1.52. The minimum atomic E-state index is 0.781. The van der Waals surface area contributed by atoms with E-state index in [2.05, 4.69) is 72.1 Å². The van der Waals surface area contributed by atoms with Gasteiger partial charge in [-0.1, -0.05) is 42.5 Å². The van der Waals surface area contributed by atoms with Gasteiger partial charge in [0.2, 0.25) is 0 Å². The first-order valence-corrected chi connectivity index (χ1v) is 9.26.